The standard InChI is InChI=1S/C17H24N4O2/c1-6-15(16-18-13(5)23-20-16)19-17(22)21(7-2)14-9-11(3)8-12(4)10-14/h8-10,15H,6-7H2,1-5H3,(H,19,22). The van der Waals surface area contributed by atoms with Gasteiger partial charge in [0.25, 0.3) is 0 Å². The lowest BCUT2D eigenvalue weighted by Gasteiger charge is -2.24. The fraction of sp³-hybridized carbons (Fsp3) is 0.471. The third-order valence-electron chi connectivity index (χ3n) is 3.64. The van der Waals surface area contributed by atoms with E-state index in [2.05, 4.69) is 21.5 Å². The quantitative estimate of drug-likeness (QED) is 0.913. The molecular weight excluding hydrogens is 292 g/mol. The molecular formula is C17H24N4O2. The zero-order chi connectivity index (χ0) is 17.0. The van der Waals surface area contributed by atoms with Gasteiger partial charge < -0.3 is 9.84 Å². The van der Waals surface area contributed by atoms with Crippen LogP contribution >= 0.6 is 0 Å². The summed E-state index contributed by atoms with van der Waals surface area (Å²) in [7, 11) is 0. The van der Waals surface area contributed by atoms with Crippen LogP contribution < -0.4 is 10.2 Å². The molecule has 0 radical (unpaired) electrons. The smallest absolute Gasteiger partial charge is 0.322 e. The number of hydrogen-bond acceptors (Lipinski definition) is 4. The van der Waals surface area contributed by atoms with Crippen molar-refractivity contribution >= 4 is 11.7 Å². The fourth-order valence-corrected chi connectivity index (χ4v) is 2.58. The van der Waals surface area contributed by atoms with Gasteiger partial charge in [-0.25, -0.2) is 4.79 Å². The minimum Gasteiger partial charge on any atom is -0.340 e. The number of urea groups is 1. The Morgan fingerprint density at radius 2 is 1.87 bits per heavy atom. The van der Waals surface area contributed by atoms with E-state index < -0.39 is 0 Å². The maximum atomic E-state index is 12.7. The minimum atomic E-state index is -0.264. The second-order valence-electron chi connectivity index (χ2n) is 5.67. The summed E-state index contributed by atoms with van der Waals surface area (Å²) in [5.41, 5.74) is 3.15. The summed E-state index contributed by atoms with van der Waals surface area (Å²) in [6.07, 6.45) is 0.690. The highest BCUT2D eigenvalue weighted by molar-refractivity contribution is 5.92. The Labute approximate surface area is 136 Å². The second-order valence-corrected chi connectivity index (χ2v) is 5.67. The predicted molar refractivity (Wildman–Crippen MR) is 89.5 cm³/mol. The second kappa shape index (κ2) is 7.26. The van der Waals surface area contributed by atoms with E-state index in [1.165, 1.54) is 0 Å². The van der Waals surface area contributed by atoms with E-state index in [0.717, 1.165) is 16.8 Å². The van der Waals surface area contributed by atoms with Crippen molar-refractivity contribution in [2.24, 2.45) is 0 Å². The number of hydrogen-bond donors (Lipinski definition) is 1. The molecule has 0 aliphatic heterocycles. The first kappa shape index (κ1) is 17.0. The van der Waals surface area contributed by atoms with Crippen molar-refractivity contribution in [3.05, 3.63) is 41.0 Å². The van der Waals surface area contributed by atoms with Crippen LogP contribution in [0.1, 0.15) is 49.2 Å². The molecule has 2 rings (SSSR count). The summed E-state index contributed by atoms with van der Waals surface area (Å²) < 4.78 is 5.01. The van der Waals surface area contributed by atoms with Gasteiger partial charge in [-0.15, -0.1) is 0 Å². The van der Waals surface area contributed by atoms with Crippen molar-refractivity contribution in [3.8, 4) is 0 Å². The Morgan fingerprint density at radius 1 is 1.22 bits per heavy atom. The van der Waals surface area contributed by atoms with E-state index in [4.69, 9.17) is 4.52 Å². The van der Waals surface area contributed by atoms with Gasteiger partial charge in [0.15, 0.2) is 5.82 Å². The molecule has 23 heavy (non-hydrogen) atoms. The maximum Gasteiger partial charge on any atom is 0.322 e. The van der Waals surface area contributed by atoms with Crippen LogP contribution in [0.4, 0.5) is 10.5 Å². The van der Waals surface area contributed by atoms with Gasteiger partial charge in [0.2, 0.25) is 5.89 Å². The van der Waals surface area contributed by atoms with Crippen LogP contribution in [0.25, 0.3) is 0 Å². The molecule has 0 aliphatic carbocycles. The molecule has 0 spiro atoms. The number of amides is 2. The number of carbonyl (C=O) groups is 1. The van der Waals surface area contributed by atoms with Gasteiger partial charge in [-0.2, -0.15) is 4.98 Å². The van der Waals surface area contributed by atoms with Gasteiger partial charge in [0.1, 0.15) is 0 Å². The number of benzene rings is 1. The molecule has 0 saturated carbocycles. The first-order valence-corrected chi connectivity index (χ1v) is 7.91. The van der Waals surface area contributed by atoms with Crippen LogP contribution in [0.5, 0.6) is 0 Å². The number of rotatable bonds is 5. The Bertz CT molecular complexity index is 661. The Balaban J connectivity index is 2.18. The van der Waals surface area contributed by atoms with Gasteiger partial charge in [0.05, 0.1) is 6.04 Å². The van der Waals surface area contributed by atoms with Crippen molar-refractivity contribution in [2.75, 3.05) is 11.4 Å². The number of carbonyl (C=O) groups excluding carboxylic acids is 1. The van der Waals surface area contributed by atoms with Crippen molar-refractivity contribution in [1.29, 1.82) is 0 Å². The number of aryl methyl sites for hydroxylation is 3. The van der Waals surface area contributed by atoms with Crippen molar-refractivity contribution in [3.63, 3.8) is 0 Å². The molecule has 2 aromatic rings. The van der Waals surface area contributed by atoms with E-state index >= 15 is 0 Å². The first-order chi connectivity index (χ1) is 10.9. The normalized spacial score (nSPS) is 12.0. The molecule has 1 N–H and O–H groups in total. The molecule has 2 amide bonds. The van der Waals surface area contributed by atoms with E-state index in [1.54, 1.807) is 11.8 Å². The Kier molecular flexibility index (Phi) is 5.36. The topological polar surface area (TPSA) is 71.3 Å². The van der Waals surface area contributed by atoms with Crippen LogP contribution in [0.2, 0.25) is 0 Å². The molecule has 1 aromatic carbocycles. The monoisotopic (exact) mass is 316 g/mol. The average Bonchev–Trinajstić information content (AvgIpc) is 2.91. The third kappa shape index (κ3) is 4.09. The minimum absolute atomic E-state index is 0.160. The molecule has 0 saturated heterocycles. The largest absolute Gasteiger partial charge is 0.340 e. The summed E-state index contributed by atoms with van der Waals surface area (Å²) >= 11 is 0. The van der Waals surface area contributed by atoms with Gasteiger partial charge in [-0.1, -0.05) is 18.1 Å². The highest BCUT2D eigenvalue weighted by atomic mass is 16.5. The lowest BCUT2D eigenvalue weighted by molar-refractivity contribution is 0.241. The highest BCUT2D eigenvalue weighted by Gasteiger charge is 2.22. The highest BCUT2D eigenvalue weighted by Crippen LogP contribution is 2.20. The molecule has 1 atom stereocenters. The SMILES string of the molecule is CCC(NC(=O)N(CC)c1cc(C)cc(C)c1)c1noc(C)n1. The van der Waals surface area contributed by atoms with Crippen LogP contribution in [0, 0.1) is 20.8 Å². The molecule has 6 heteroatoms. The molecule has 0 aliphatic rings. The zero-order valence-electron chi connectivity index (χ0n) is 14.4. The Morgan fingerprint density at radius 3 is 2.35 bits per heavy atom. The van der Waals surface area contributed by atoms with Crippen LogP contribution in [-0.4, -0.2) is 22.7 Å². The van der Waals surface area contributed by atoms with E-state index in [0.29, 0.717) is 24.7 Å². The van der Waals surface area contributed by atoms with E-state index in [-0.39, 0.29) is 12.1 Å². The molecule has 0 fully saturated rings. The Hall–Kier alpha value is -2.37. The number of nitrogens with one attached hydrogen (secondary N) is 1. The molecule has 1 unspecified atom stereocenters. The lowest BCUT2D eigenvalue weighted by Crippen LogP contribution is -2.42. The third-order valence-corrected chi connectivity index (χ3v) is 3.64. The van der Waals surface area contributed by atoms with Crippen molar-refractivity contribution in [2.45, 2.75) is 47.1 Å². The molecule has 0 bridgehead atoms. The maximum absolute atomic E-state index is 12.7. The van der Waals surface area contributed by atoms with Crippen molar-refractivity contribution < 1.29 is 9.32 Å². The summed E-state index contributed by atoms with van der Waals surface area (Å²) in [5, 5.41) is 6.89. The molecule has 124 valence electrons. The fourth-order valence-electron chi connectivity index (χ4n) is 2.58. The van der Waals surface area contributed by atoms with Crippen LogP contribution in [0.3, 0.4) is 0 Å². The number of anilines is 1. The van der Waals surface area contributed by atoms with Crippen molar-refractivity contribution in [1.82, 2.24) is 15.5 Å². The molecule has 1 heterocycles. The number of aromatic nitrogens is 2. The van der Waals surface area contributed by atoms with E-state index in [9.17, 15) is 4.79 Å². The average molecular weight is 316 g/mol. The van der Waals surface area contributed by atoms with Gasteiger partial charge in [-0.05, 0) is 50.5 Å². The summed E-state index contributed by atoms with van der Waals surface area (Å²) in [6, 6.07) is 5.68. The number of nitrogens with zero attached hydrogens (tertiary/aromatic N) is 3. The molecule has 1 aromatic heterocycles. The summed E-state index contributed by atoms with van der Waals surface area (Å²) in [5.74, 6) is 1.00. The van der Waals surface area contributed by atoms with Crippen LogP contribution in [0.15, 0.2) is 22.7 Å². The zero-order valence-corrected chi connectivity index (χ0v) is 14.4. The predicted octanol–water partition coefficient (Wildman–Crippen LogP) is 3.68. The van der Waals surface area contributed by atoms with Gasteiger partial charge >= 0.3 is 6.03 Å². The summed E-state index contributed by atoms with van der Waals surface area (Å²) in [4.78, 5) is 18.6. The van der Waals surface area contributed by atoms with Gasteiger partial charge in [0, 0.05) is 19.2 Å². The lowest BCUT2D eigenvalue weighted by atomic mass is 10.1. The van der Waals surface area contributed by atoms with Crippen LogP contribution in [-0.2, 0) is 0 Å². The van der Waals surface area contributed by atoms with E-state index in [1.807, 2.05) is 39.8 Å². The van der Waals surface area contributed by atoms with Gasteiger partial charge in [-0.3, -0.25) is 4.90 Å². The summed E-state index contributed by atoms with van der Waals surface area (Å²) in [6.45, 7) is 10.3. The first-order valence-electron chi connectivity index (χ1n) is 7.91. The molecule has 6 nitrogen and oxygen atoms in total.